The molecule has 0 aromatic heterocycles. The standard InChI is InChI=1S/C10H9N.C7H7NO.CH4N2O/c11-10-7-3-5-8-4-1-2-6-9(8)10;8-7(9)6-4-2-1-3-5-6;2-1(3)4/h1-7H,11H2;1-5H,(H2,8,9);(H4,2,3,4). The molecule has 0 saturated carbocycles. The first kappa shape index (κ1) is 18.5. The molecule has 0 aliphatic heterocycles. The van der Waals surface area contributed by atoms with Crippen molar-refractivity contribution in [2.75, 3.05) is 5.73 Å². The second kappa shape index (κ2) is 9.47. The second-order valence-corrected chi connectivity index (χ2v) is 4.70. The first-order valence-electron chi connectivity index (χ1n) is 7.04. The highest BCUT2D eigenvalue weighted by molar-refractivity contribution is 5.93. The lowest BCUT2D eigenvalue weighted by Crippen LogP contribution is -2.18. The number of amides is 3. The molecule has 0 heterocycles. The first-order chi connectivity index (χ1) is 11.4. The predicted octanol–water partition coefficient (Wildman–Crippen LogP) is 2.23. The van der Waals surface area contributed by atoms with E-state index < -0.39 is 6.03 Å². The van der Waals surface area contributed by atoms with Gasteiger partial charge in [-0.2, -0.15) is 0 Å². The summed E-state index contributed by atoms with van der Waals surface area (Å²) in [5, 5.41) is 2.34. The number of hydrogen-bond donors (Lipinski definition) is 4. The van der Waals surface area contributed by atoms with Crippen LogP contribution in [0.1, 0.15) is 10.4 Å². The number of nitrogens with two attached hydrogens (primary N) is 4. The molecule has 24 heavy (non-hydrogen) atoms. The lowest BCUT2D eigenvalue weighted by molar-refractivity contribution is 0.1000. The Bertz CT molecular complexity index is 795. The van der Waals surface area contributed by atoms with Crippen molar-refractivity contribution in [2.24, 2.45) is 17.2 Å². The average molecular weight is 324 g/mol. The number of carbonyl (C=O) groups is 2. The normalized spacial score (nSPS) is 9.00. The van der Waals surface area contributed by atoms with Gasteiger partial charge in [0.1, 0.15) is 0 Å². The van der Waals surface area contributed by atoms with Crippen molar-refractivity contribution in [3.05, 3.63) is 78.4 Å². The van der Waals surface area contributed by atoms with E-state index in [4.69, 9.17) is 16.3 Å². The van der Waals surface area contributed by atoms with E-state index in [0.29, 0.717) is 5.56 Å². The molecule has 3 aromatic carbocycles. The summed E-state index contributed by atoms with van der Waals surface area (Å²) in [4.78, 5) is 19.4. The summed E-state index contributed by atoms with van der Waals surface area (Å²) < 4.78 is 0. The van der Waals surface area contributed by atoms with Crippen LogP contribution in [0.15, 0.2) is 72.8 Å². The summed E-state index contributed by atoms with van der Waals surface area (Å²) in [6.45, 7) is 0. The molecule has 0 saturated heterocycles. The van der Waals surface area contributed by atoms with Crippen LogP contribution in [0.5, 0.6) is 0 Å². The number of urea groups is 1. The number of nitrogen functional groups attached to an aromatic ring is 1. The van der Waals surface area contributed by atoms with Crippen LogP contribution < -0.4 is 22.9 Å². The van der Waals surface area contributed by atoms with Gasteiger partial charge >= 0.3 is 6.03 Å². The Balaban J connectivity index is 0.000000201. The van der Waals surface area contributed by atoms with Gasteiger partial charge in [-0.25, -0.2) is 4.79 Å². The van der Waals surface area contributed by atoms with Gasteiger partial charge in [0.2, 0.25) is 5.91 Å². The number of anilines is 1. The SMILES string of the molecule is NC(=O)c1ccccc1.NC(N)=O.Nc1cccc2ccccc12. The highest BCUT2D eigenvalue weighted by Gasteiger charge is 1.94. The van der Waals surface area contributed by atoms with Crippen LogP contribution >= 0.6 is 0 Å². The molecule has 3 amide bonds. The van der Waals surface area contributed by atoms with Crippen LogP contribution in [0.2, 0.25) is 0 Å². The minimum Gasteiger partial charge on any atom is -0.398 e. The molecule has 6 heteroatoms. The Morgan fingerprint density at radius 3 is 1.67 bits per heavy atom. The summed E-state index contributed by atoms with van der Waals surface area (Å²) in [6.07, 6.45) is 0. The quantitative estimate of drug-likeness (QED) is 0.510. The van der Waals surface area contributed by atoms with Crippen LogP contribution in [0, 0.1) is 0 Å². The van der Waals surface area contributed by atoms with E-state index in [9.17, 15) is 4.79 Å². The lowest BCUT2D eigenvalue weighted by atomic mass is 10.1. The predicted molar refractivity (Wildman–Crippen MR) is 97.1 cm³/mol. The number of hydrogen-bond acceptors (Lipinski definition) is 3. The molecule has 0 aliphatic carbocycles. The highest BCUT2D eigenvalue weighted by atomic mass is 16.2. The summed E-state index contributed by atoms with van der Waals surface area (Å²) >= 11 is 0. The van der Waals surface area contributed by atoms with Crippen molar-refractivity contribution >= 4 is 28.4 Å². The van der Waals surface area contributed by atoms with Gasteiger partial charge in [0.25, 0.3) is 0 Å². The zero-order valence-corrected chi connectivity index (χ0v) is 13.1. The smallest absolute Gasteiger partial charge is 0.309 e. The minimum absolute atomic E-state index is 0.379. The molecule has 0 fully saturated rings. The molecule has 0 radical (unpaired) electrons. The fourth-order valence-corrected chi connectivity index (χ4v) is 1.85. The lowest BCUT2D eigenvalue weighted by Gasteiger charge is -1.98. The highest BCUT2D eigenvalue weighted by Crippen LogP contribution is 2.19. The van der Waals surface area contributed by atoms with Crippen molar-refractivity contribution in [2.45, 2.75) is 0 Å². The fourth-order valence-electron chi connectivity index (χ4n) is 1.85. The average Bonchev–Trinajstić information content (AvgIpc) is 2.56. The van der Waals surface area contributed by atoms with Gasteiger partial charge < -0.3 is 22.9 Å². The number of rotatable bonds is 1. The molecule has 0 atom stereocenters. The third kappa shape index (κ3) is 6.48. The van der Waals surface area contributed by atoms with E-state index in [1.807, 2.05) is 36.4 Å². The van der Waals surface area contributed by atoms with Gasteiger partial charge in [-0.1, -0.05) is 54.6 Å². The monoisotopic (exact) mass is 324 g/mol. The van der Waals surface area contributed by atoms with Gasteiger partial charge in [-0.05, 0) is 23.6 Å². The second-order valence-electron chi connectivity index (χ2n) is 4.70. The Kier molecular flexibility index (Phi) is 7.30. The van der Waals surface area contributed by atoms with Gasteiger partial charge in [0, 0.05) is 16.6 Å². The van der Waals surface area contributed by atoms with Crippen LogP contribution in [0.3, 0.4) is 0 Å². The number of benzene rings is 3. The Morgan fingerprint density at radius 2 is 1.17 bits per heavy atom. The molecule has 3 aromatic rings. The molecule has 0 bridgehead atoms. The molecule has 0 spiro atoms. The van der Waals surface area contributed by atoms with Crippen molar-refractivity contribution in [1.29, 1.82) is 0 Å². The Hall–Kier alpha value is -3.54. The van der Waals surface area contributed by atoms with E-state index in [1.165, 1.54) is 5.39 Å². The van der Waals surface area contributed by atoms with Crippen molar-refractivity contribution in [3.8, 4) is 0 Å². The van der Waals surface area contributed by atoms with Crippen LogP contribution in [0.4, 0.5) is 10.5 Å². The number of primary amides is 3. The van der Waals surface area contributed by atoms with E-state index in [0.717, 1.165) is 11.1 Å². The molecule has 8 N–H and O–H groups in total. The Labute approximate surface area is 140 Å². The molecule has 0 aliphatic rings. The van der Waals surface area contributed by atoms with E-state index in [1.54, 1.807) is 24.3 Å². The van der Waals surface area contributed by atoms with Crippen molar-refractivity contribution < 1.29 is 9.59 Å². The molecular formula is C18H20N4O2. The molecule has 124 valence electrons. The maximum atomic E-state index is 10.4. The molecule has 3 rings (SSSR count). The van der Waals surface area contributed by atoms with Crippen LogP contribution in [-0.4, -0.2) is 11.9 Å². The fraction of sp³-hybridized carbons (Fsp3) is 0. The van der Waals surface area contributed by atoms with Crippen molar-refractivity contribution in [1.82, 2.24) is 0 Å². The summed E-state index contributed by atoms with van der Waals surface area (Å²) in [6, 6.07) is 22.0. The number of fused-ring (bicyclic) bond motifs is 1. The van der Waals surface area contributed by atoms with Gasteiger partial charge in [0.05, 0.1) is 0 Å². The van der Waals surface area contributed by atoms with Crippen LogP contribution in [-0.2, 0) is 0 Å². The minimum atomic E-state index is -0.833. The maximum absolute atomic E-state index is 10.4. The number of carbonyl (C=O) groups excluding carboxylic acids is 2. The summed E-state index contributed by atoms with van der Waals surface area (Å²) in [5.74, 6) is -0.379. The molecule has 6 nitrogen and oxygen atoms in total. The van der Waals surface area contributed by atoms with Crippen LogP contribution in [0.25, 0.3) is 10.8 Å². The Morgan fingerprint density at radius 1 is 0.667 bits per heavy atom. The van der Waals surface area contributed by atoms with Gasteiger partial charge in [0.15, 0.2) is 0 Å². The zero-order valence-electron chi connectivity index (χ0n) is 13.1. The van der Waals surface area contributed by atoms with Gasteiger partial charge in [-0.15, -0.1) is 0 Å². The first-order valence-corrected chi connectivity index (χ1v) is 7.04. The summed E-state index contributed by atoms with van der Waals surface area (Å²) in [7, 11) is 0. The van der Waals surface area contributed by atoms with E-state index in [-0.39, 0.29) is 5.91 Å². The third-order valence-corrected chi connectivity index (χ3v) is 2.88. The summed E-state index contributed by atoms with van der Waals surface area (Å²) in [5.41, 5.74) is 20.6. The van der Waals surface area contributed by atoms with Gasteiger partial charge in [-0.3, -0.25) is 4.79 Å². The van der Waals surface area contributed by atoms with Crippen molar-refractivity contribution in [3.63, 3.8) is 0 Å². The van der Waals surface area contributed by atoms with E-state index in [2.05, 4.69) is 23.6 Å². The third-order valence-electron chi connectivity index (χ3n) is 2.88. The largest absolute Gasteiger partial charge is 0.398 e. The topological polar surface area (TPSA) is 138 Å². The molecular weight excluding hydrogens is 304 g/mol. The van der Waals surface area contributed by atoms with E-state index >= 15 is 0 Å². The maximum Gasteiger partial charge on any atom is 0.309 e. The molecule has 0 unspecified atom stereocenters. The zero-order chi connectivity index (χ0) is 17.9.